The molecule has 3 nitrogen and oxygen atoms in total. The van der Waals surface area contributed by atoms with Crippen LogP contribution in [0.25, 0.3) is 11.3 Å². The van der Waals surface area contributed by atoms with E-state index < -0.39 is 0 Å². The van der Waals surface area contributed by atoms with Crippen LogP contribution in [0.1, 0.15) is 32.6 Å². The van der Waals surface area contributed by atoms with Gasteiger partial charge in [-0.1, -0.05) is 31.4 Å². The maximum atomic E-state index is 4.00. The monoisotopic (exact) mass is 255 g/mol. The summed E-state index contributed by atoms with van der Waals surface area (Å²) in [5.41, 5.74) is 3.44. The van der Waals surface area contributed by atoms with Crippen LogP contribution >= 0.6 is 0 Å². The molecule has 1 aliphatic rings. The van der Waals surface area contributed by atoms with Crippen molar-refractivity contribution in [3.63, 3.8) is 0 Å². The molecule has 0 bridgehead atoms. The Balaban J connectivity index is 1.65. The summed E-state index contributed by atoms with van der Waals surface area (Å²) < 4.78 is 0. The summed E-state index contributed by atoms with van der Waals surface area (Å²) in [6, 6.07) is 11.1. The summed E-state index contributed by atoms with van der Waals surface area (Å²) in [5.74, 6) is 0.943. The maximum absolute atomic E-state index is 4.00. The Morgan fingerprint density at radius 1 is 1.37 bits per heavy atom. The van der Waals surface area contributed by atoms with Gasteiger partial charge in [-0.15, -0.1) is 0 Å². The third-order valence-corrected chi connectivity index (χ3v) is 4.00. The Labute approximate surface area is 114 Å². The van der Waals surface area contributed by atoms with Crippen molar-refractivity contribution in [2.24, 2.45) is 5.92 Å². The van der Waals surface area contributed by atoms with Crippen molar-refractivity contribution >= 4 is 5.69 Å². The number of rotatable bonds is 5. The predicted octanol–water partition coefficient (Wildman–Crippen LogP) is 4.07. The van der Waals surface area contributed by atoms with E-state index in [9.17, 15) is 0 Å². The van der Waals surface area contributed by atoms with Crippen molar-refractivity contribution in [3.05, 3.63) is 36.5 Å². The lowest BCUT2D eigenvalue weighted by atomic mass is 9.81. The second-order valence-corrected chi connectivity index (χ2v) is 5.63. The summed E-state index contributed by atoms with van der Waals surface area (Å²) in [6.07, 6.45) is 7.33. The van der Waals surface area contributed by atoms with Gasteiger partial charge in [0.25, 0.3) is 0 Å². The van der Waals surface area contributed by atoms with Crippen LogP contribution in [-0.2, 0) is 0 Å². The minimum Gasteiger partial charge on any atom is -0.383 e. The Morgan fingerprint density at radius 3 is 2.95 bits per heavy atom. The van der Waals surface area contributed by atoms with E-state index in [0.29, 0.717) is 6.04 Å². The Hall–Kier alpha value is -1.77. The van der Waals surface area contributed by atoms with Crippen molar-refractivity contribution in [1.82, 2.24) is 10.2 Å². The van der Waals surface area contributed by atoms with Crippen LogP contribution in [0.3, 0.4) is 0 Å². The number of aromatic amines is 1. The minimum absolute atomic E-state index is 0.544. The zero-order valence-electron chi connectivity index (χ0n) is 11.4. The van der Waals surface area contributed by atoms with E-state index in [0.717, 1.165) is 11.6 Å². The number of hydrogen-bond acceptors (Lipinski definition) is 2. The quantitative estimate of drug-likeness (QED) is 0.845. The number of H-pyrrole nitrogens is 1. The average Bonchev–Trinajstić information content (AvgIpc) is 2.88. The first-order valence-corrected chi connectivity index (χ1v) is 7.17. The summed E-state index contributed by atoms with van der Waals surface area (Å²) in [7, 11) is 0. The summed E-state index contributed by atoms with van der Waals surface area (Å²) in [6.45, 7) is 2.28. The molecular weight excluding hydrogens is 234 g/mol. The normalized spacial score (nSPS) is 16.9. The molecule has 1 heterocycles. The van der Waals surface area contributed by atoms with Gasteiger partial charge >= 0.3 is 0 Å². The Kier molecular flexibility index (Phi) is 3.53. The highest BCUT2D eigenvalue weighted by molar-refractivity contribution is 5.64. The largest absolute Gasteiger partial charge is 0.383 e. The first kappa shape index (κ1) is 12.3. The average molecular weight is 255 g/mol. The van der Waals surface area contributed by atoms with Crippen molar-refractivity contribution < 1.29 is 0 Å². The molecule has 1 aromatic heterocycles. The second-order valence-electron chi connectivity index (χ2n) is 5.63. The molecule has 2 N–H and O–H groups in total. The molecular formula is C16H21N3. The van der Waals surface area contributed by atoms with Crippen LogP contribution in [0.2, 0.25) is 0 Å². The van der Waals surface area contributed by atoms with E-state index >= 15 is 0 Å². The van der Waals surface area contributed by atoms with Gasteiger partial charge in [0.2, 0.25) is 0 Å². The highest BCUT2D eigenvalue weighted by Crippen LogP contribution is 2.31. The van der Waals surface area contributed by atoms with Gasteiger partial charge in [0, 0.05) is 23.5 Å². The third kappa shape index (κ3) is 2.98. The Morgan fingerprint density at radius 2 is 2.26 bits per heavy atom. The number of nitrogens with zero attached hydrogens (tertiary/aromatic N) is 1. The number of aromatic nitrogens is 2. The van der Waals surface area contributed by atoms with E-state index in [2.05, 4.69) is 46.7 Å². The van der Waals surface area contributed by atoms with E-state index in [-0.39, 0.29) is 0 Å². The van der Waals surface area contributed by atoms with Crippen LogP contribution in [-0.4, -0.2) is 16.2 Å². The van der Waals surface area contributed by atoms with Crippen molar-refractivity contribution in [1.29, 1.82) is 0 Å². The molecule has 3 rings (SSSR count). The molecule has 19 heavy (non-hydrogen) atoms. The van der Waals surface area contributed by atoms with Crippen LogP contribution < -0.4 is 5.32 Å². The molecule has 0 aliphatic heterocycles. The van der Waals surface area contributed by atoms with Crippen LogP contribution in [0.4, 0.5) is 5.69 Å². The van der Waals surface area contributed by atoms with Gasteiger partial charge in [0.15, 0.2) is 0 Å². The molecule has 0 radical (unpaired) electrons. The Bertz CT molecular complexity index is 515. The number of nitrogens with one attached hydrogen (secondary N) is 2. The van der Waals surface area contributed by atoms with Gasteiger partial charge in [-0.3, -0.25) is 5.10 Å². The zero-order chi connectivity index (χ0) is 13.1. The molecule has 1 atom stereocenters. The highest BCUT2D eigenvalue weighted by Gasteiger charge is 2.19. The van der Waals surface area contributed by atoms with E-state index in [4.69, 9.17) is 0 Å². The van der Waals surface area contributed by atoms with Crippen molar-refractivity contribution in [2.75, 3.05) is 5.32 Å². The molecule has 1 aromatic carbocycles. The van der Waals surface area contributed by atoms with Gasteiger partial charge in [-0.25, -0.2) is 0 Å². The van der Waals surface area contributed by atoms with Gasteiger partial charge in [-0.2, -0.15) is 5.10 Å². The molecule has 0 amide bonds. The highest BCUT2D eigenvalue weighted by atomic mass is 15.1. The molecule has 1 saturated carbocycles. The van der Waals surface area contributed by atoms with Crippen molar-refractivity contribution in [3.8, 4) is 11.3 Å². The lowest BCUT2D eigenvalue weighted by Gasteiger charge is -2.29. The van der Waals surface area contributed by atoms with Gasteiger partial charge in [0.1, 0.15) is 0 Å². The molecule has 1 aliphatic carbocycles. The lowest BCUT2D eigenvalue weighted by Crippen LogP contribution is -2.23. The molecule has 0 spiro atoms. The maximum Gasteiger partial charge on any atom is 0.0650 e. The zero-order valence-corrected chi connectivity index (χ0v) is 11.4. The molecule has 2 aromatic rings. The summed E-state index contributed by atoms with van der Waals surface area (Å²) in [5, 5.41) is 10.6. The fraction of sp³-hybridized carbons (Fsp3) is 0.438. The fourth-order valence-corrected chi connectivity index (χ4v) is 2.77. The van der Waals surface area contributed by atoms with Gasteiger partial charge in [0.05, 0.1) is 5.69 Å². The minimum atomic E-state index is 0.544. The van der Waals surface area contributed by atoms with E-state index in [1.165, 1.54) is 36.9 Å². The van der Waals surface area contributed by atoms with Gasteiger partial charge in [-0.05, 0) is 37.5 Å². The van der Waals surface area contributed by atoms with Crippen LogP contribution in [0, 0.1) is 5.92 Å². The van der Waals surface area contributed by atoms with Gasteiger partial charge < -0.3 is 5.32 Å². The first-order valence-electron chi connectivity index (χ1n) is 7.17. The molecule has 0 saturated heterocycles. The molecule has 3 heteroatoms. The number of hydrogen-bond donors (Lipinski definition) is 2. The second kappa shape index (κ2) is 5.47. The lowest BCUT2D eigenvalue weighted by molar-refractivity contribution is 0.286. The fourth-order valence-electron chi connectivity index (χ4n) is 2.77. The summed E-state index contributed by atoms with van der Waals surface area (Å²) in [4.78, 5) is 0. The summed E-state index contributed by atoms with van der Waals surface area (Å²) >= 11 is 0. The van der Waals surface area contributed by atoms with E-state index in [1.807, 2.05) is 6.07 Å². The first-order chi connectivity index (χ1) is 9.31. The standard InChI is InChI=1S/C16H21N3/c1-12(10-13-4-2-5-13)18-15-7-3-6-14(11-15)16-8-9-17-19-16/h3,6-9,11-13,18H,2,4-5,10H2,1H3,(H,17,19). The van der Waals surface area contributed by atoms with E-state index in [1.54, 1.807) is 6.20 Å². The SMILES string of the molecule is CC(CC1CCC1)Nc1cccc(-c2ccn[nH]2)c1. The molecule has 1 fully saturated rings. The van der Waals surface area contributed by atoms with Crippen LogP contribution in [0.5, 0.6) is 0 Å². The smallest absolute Gasteiger partial charge is 0.0650 e. The topological polar surface area (TPSA) is 40.7 Å². The molecule has 1 unspecified atom stereocenters. The van der Waals surface area contributed by atoms with Crippen molar-refractivity contribution in [2.45, 2.75) is 38.6 Å². The number of anilines is 1. The third-order valence-electron chi connectivity index (χ3n) is 4.00. The number of benzene rings is 1. The molecule has 100 valence electrons. The predicted molar refractivity (Wildman–Crippen MR) is 79.1 cm³/mol. The van der Waals surface area contributed by atoms with Crippen LogP contribution in [0.15, 0.2) is 36.5 Å².